The number of rotatable bonds is 5. The molecule has 3 atom stereocenters. The normalized spacial score (nSPS) is 30.4. The Bertz CT molecular complexity index is 459. The van der Waals surface area contributed by atoms with E-state index in [1.807, 2.05) is 17.4 Å². The molecule has 3 nitrogen and oxygen atoms in total. The summed E-state index contributed by atoms with van der Waals surface area (Å²) < 4.78 is 11.8. The molecule has 1 aliphatic heterocycles. The molecule has 3 rings (SSSR count). The molecule has 2 aliphatic rings. The minimum atomic E-state index is 0.241. The fourth-order valence-electron chi connectivity index (χ4n) is 3.33. The van der Waals surface area contributed by atoms with E-state index in [1.54, 1.807) is 0 Å². The molecule has 0 amide bonds. The Morgan fingerprint density at radius 2 is 2.40 bits per heavy atom. The number of hydrogen-bond acceptors (Lipinski definition) is 4. The summed E-state index contributed by atoms with van der Waals surface area (Å²) in [6.45, 7) is 9.43. The van der Waals surface area contributed by atoms with Crippen molar-refractivity contribution in [1.82, 2.24) is 4.90 Å². The van der Waals surface area contributed by atoms with Gasteiger partial charge < -0.3 is 9.47 Å². The van der Waals surface area contributed by atoms with Gasteiger partial charge in [0.2, 0.25) is 0 Å². The minimum absolute atomic E-state index is 0.241. The zero-order valence-electron chi connectivity index (χ0n) is 12.1. The summed E-state index contributed by atoms with van der Waals surface area (Å²) >= 11 is 1.90. The van der Waals surface area contributed by atoms with E-state index in [4.69, 9.17) is 9.47 Å². The molecule has 0 radical (unpaired) electrons. The van der Waals surface area contributed by atoms with Gasteiger partial charge in [-0.05, 0) is 31.9 Å². The van der Waals surface area contributed by atoms with E-state index in [0.29, 0.717) is 12.6 Å². The van der Waals surface area contributed by atoms with Crippen LogP contribution in [0.25, 0.3) is 0 Å². The van der Waals surface area contributed by atoms with Crippen LogP contribution in [0.1, 0.15) is 22.6 Å². The van der Waals surface area contributed by atoms with Crippen LogP contribution in [0.2, 0.25) is 0 Å². The number of aryl methyl sites for hydroxylation is 1. The number of fused-ring (bicyclic) bond motifs is 1. The molecule has 0 N–H and O–H groups in total. The quantitative estimate of drug-likeness (QED) is 0.779. The minimum Gasteiger partial charge on any atom is -0.373 e. The second-order valence-corrected chi connectivity index (χ2v) is 7.00. The number of thiophene rings is 1. The Hall–Kier alpha value is -0.680. The molecule has 110 valence electrons. The second kappa shape index (κ2) is 6.39. The van der Waals surface area contributed by atoms with Crippen LogP contribution in [0.4, 0.5) is 0 Å². The summed E-state index contributed by atoms with van der Waals surface area (Å²) in [4.78, 5) is 5.43. The Labute approximate surface area is 125 Å². The zero-order valence-corrected chi connectivity index (χ0v) is 12.9. The second-order valence-electron chi connectivity index (χ2n) is 5.62. The molecule has 0 bridgehead atoms. The van der Waals surface area contributed by atoms with E-state index in [-0.39, 0.29) is 12.2 Å². The fourth-order valence-corrected chi connectivity index (χ4v) is 4.24. The first-order chi connectivity index (χ1) is 9.78. The van der Waals surface area contributed by atoms with Crippen molar-refractivity contribution in [2.45, 2.75) is 44.6 Å². The maximum Gasteiger partial charge on any atom is 0.0992 e. The van der Waals surface area contributed by atoms with Crippen molar-refractivity contribution in [2.24, 2.45) is 0 Å². The SMILES string of the molecule is C=CCO[C@@H]1CC[C@@H]2[C@H]1OCCN2Cc1ccc(C)s1. The van der Waals surface area contributed by atoms with Crippen molar-refractivity contribution >= 4 is 11.3 Å². The van der Waals surface area contributed by atoms with Crippen LogP contribution in [0.3, 0.4) is 0 Å². The first-order valence-corrected chi connectivity index (χ1v) is 8.23. The van der Waals surface area contributed by atoms with Gasteiger partial charge >= 0.3 is 0 Å². The molecule has 4 heteroatoms. The van der Waals surface area contributed by atoms with E-state index in [1.165, 1.54) is 16.2 Å². The molecular formula is C16H23NO2S. The molecule has 1 saturated carbocycles. The first-order valence-electron chi connectivity index (χ1n) is 7.41. The zero-order chi connectivity index (χ0) is 13.9. The molecule has 1 aromatic heterocycles. The number of nitrogens with zero attached hydrogens (tertiary/aromatic N) is 1. The highest BCUT2D eigenvalue weighted by Gasteiger charge is 2.43. The lowest BCUT2D eigenvalue weighted by atomic mass is 10.1. The summed E-state index contributed by atoms with van der Waals surface area (Å²) in [5, 5.41) is 0. The molecule has 0 unspecified atom stereocenters. The van der Waals surface area contributed by atoms with Crippen LogP contribution >= 0.6 is 11.3 Å². The van der Waals surface area contributed by atoms with Crippen molar-refractivity contribution in [1.29, 1.82) is 0 Å². The average Bonchev–Trinajstić information content (AvgIpc) is 3.04. The third-order valence-corrected chi connectivity index (χ3v) is 5.22. The third kappa shape index (κ3) is 2.98. The Morgan fingerprint density at radius 3 is 3.15 bits per heavy atom. The van der Waals surface area contributed by atoms with Crippen LogP contribution in [0, 0.1) is 6.92 Å². The van der Waals surface area contributed by atoms with Gasteiger partial charge in [-0.25, -0.2) is 0 Å². The lowest BCUT2D eigenvalue weighted by Crippen LogP contribution is -2.51. The van der Waals surface area contributed by atoms with E-state index in [9.17, 15) is 0 Å². The topological polar surface area (TPSA) is 21.7 Å². The van der Waals surface area contributed by atoms with Crippen molar-refractivity contribution in [3.05, 3.63) is 34.5 Å². The highest BCUT2D eigenvalue weighted by atomic mass is 32.1. The Morgan fingerprint density at radius 1 is 1.50 bits per heavy atom. The monoisotopic (exact) mass is 293 g/mol. The van der Waals surface area contributed by atoms with Gasteiger partial charge in [-0.2, -0.15) is 0 Å². The summed E-state index contributed by atoms with van der Waals surface area (Å²) in [7, 11) is 0. The predicted molar refractivity (Wildman–Crippen MR) is 82.2 cm³/mol. The molecule has 20 heavy (non-hydrogen) atoms. The molecule has 2 heterocycles. The molecule has 0 spiro atoms. The smallest absolute Gasteiger partial charge is 0.0992 e. The van der Waals surface area contributed by atoms with Crippen LogP contribution in [0.5, 0.6) is 0 Å². The van der Waals surface area contributed by atoms with Crippen molar-refractivity contribution < 1.29 is 9.47 Å². The Balaban J connectivity index is 1.63. The average molecular weight is 293 g/mol. The maximum atomic E-state index is 5.99. The third-order valence-electron chi connectivity index (χ3n) is 4.23. The van der Waals surface area contributed by atoms with Crippen LogP contribution in [-0.4, -0.2) is 42.9 Å². The van der Waals surface area contributed by atoms with Crippen molar-refractivity contribution in [3.8, 4) is 0 Å². The van der Waals surface area contributed by atoms with E-state index in [2.05, 4.69) is 30.5 Å². The van der Waals surface area contributed by atoms with Crippen molar-refractivity contribution in [2.75, 3.05) is 19.8 Å². The van der Waals surface area contributed by atoms with E-state index >= 15 is 0 Å². The summed E-state index contributed by atoms with van der Waals surface area (Å²) in [6.07, 6.45) is 4.58. The Kier molecular flexibility index (Phi) is 4.56. The summed E-state index contributed by atoms with van der Waals surface area (Å²) in [5.74, 6) is 0. The maximum absolute atomic E-state index is 5.99. The highest BCUT2D eigenvalue weighted by Crippen LogP contribution is 2.33. The summed E-state index contributed by atoms with van der Waals surface area (Å²) in [5.41, 5.74) is 0. The van der Waals surface area contributed by atoms with Crippen molar-refractivity contribution in [3.63, 3.8) is 0 Å². The molecule has 1 saturated heterocycles. The molecule has 1 aliphatic carbocycles. The highest BCUT2D eigenvalue weighted by molar-refractivity contribution is 7.11. The molecule has 0 aromatic carbocycles. The molecular weight excluding hydrogens is 270 g/mol. The largest absolute Gasteiger partial charge is 0.373 e. The molecule has 2 fully saturated rings. The van der Waals surface area contributed by atoms with Gasteiger partial charge in [0, 0.05) is 28.9 Å². The standard InChI is InChI=1S/C16H23NO2S/c1-3-9-18-15-7-6-14-16(15)19-10-8-17(14)11-13-5-4-12(2)20-13/h3-5,14-16H,1,6-11H2,2H3/t14-,15-,16-/m1/s1. The summed E-state index contributed by atoms with van der Waals surface area (Å²) in [6, 6.07) is 4.98. The van der Waals surface area contributed by atoms with Crippen LogP contribution in [-0.2, 0) is 16.0 Å². The van der Waals surface area contributed by atoms with Gasteiger partial charge in [0.15, 0.2) is 0 Å². The van der Waals surface area contributed by atoms with Gasteiger partial charge in [0.25, 0.3) is 0 Å². The lowest BCUT2D eigenvalue weighted by molar-refractivity contribution is -0.111. The number of morpholine rings is 1. The number of ether oxygens (including phenoxy) is 2. The van der Waals surface area contributed by atoms with Gasteiger partial charge in [0.1, 0.15) is 0 Å². The molecule has 1 aromatic rings. The van der Waals surface area contributed by atoms with E-state index < -0.39 is 0 Å². The lowest BCUT2D eigenvalue weighted by Gasteiger charge is -2.38. The number of hydrogen-bond donors (Lipinski definition) is 0. The van der Waals surface area contributed by atoms with E-state index in [0.717, 1.165) is 26.1 Å². The van der Waals surface area contributed by atoms with Gasteiger partial charge in [-0.1, -0.05) is 6.08 Å². The van der Waals surface area contributed by atoms with Gasteiger partial charge in [0.05, 0.1) is 25.4 Å². The first kappa shape index (κ1) is 14.3. The van der Waals surface area contributed by atoms with Crippen LogP contribution < -0.4 is 0 Å². The predicted octanol–water partition coefficient (Wildman–Crippen LogP) is 2.99. The van der Waals surface area contributed by atoms with Crippen LogP contribution in [0.15, 0.2) is 24.8 Å². The van der Waals surface area contributed by atoms with Gasteiger partial charge in [-0.15, -0.1) is 17.9 Å². The fraction of sp³-hybridized carbons (Fsp3) is 0.625. The van der Waals surface area contributed by atoms with Gasteiger partial charge in [-0.3, -0.25) is 4.90 Å².